The van der Waals surface area contributed by atoms with Crippen molar-refractivity contribution in [2.75, 3.05) is 0 Å². The molecule has 1 aliphatic rings. The lowest BCUT2D eigenvalue weighted by atomic mass is 9.87. The molecule has 0 bridgehead atoms. The van der Waals surface area contributed by atoms with Crippen LogP contribution in [0.2, 0.25) is 0 Å². The Morgan fingerprint density at radius 2 is 1.94 bits per heavy atom. The van der Waals surface area contributed by atoms with Crippen LogP contribution in [0.15, 0.2) is 48.7 Å². The van der Waals surface area contributed by atoms with E-state index in [1.165, 1.54) is 0 Å². The zero-order valence-corrected chi connectivity index (χ0v) is 9.76. The first-order chi connectivity index (χ1) is 8.70. The quantitative estimate of drug-likeness (QED) is 0.777. The van der Waals surface area contributed by atoms with Gasteiger partial charge in [-0.25, -0.2) is 0 Å². The van der Waals surface area contributed by atoms with E-state index in [2.05, 4.69) is 10.3 Å². The molecule has 1 unspecified atom stereocenters. The van der Waals surface area contributed by atoms with Crippen LogP contribution >= 0.6 is 0 Å². The van der Waals surface area contributed by atoms with Crippen molar-refractivity contribution >= 4 is 5.91 Å². The van der Waals surface area contributed by atoms with Crippen LogP contribution in [0.4, 0.5) is 0 Å². The fourth-order valence-electron chi connectivity index (χ4n) is 2.36. The molecule has 0 radical (unpaired) electrons. The Morgan fingerprint density at radius 1 is 1.17 bits per heavy atom. The number of nitrogens with two attached hydrogens (primary N) is 1. The van der Waals surface area contributed by atoms with E-state index in [0.717, 1.165) is 11.1 Å². The lowest BCUT2D eigenvalue weighted by Crippen LogP contribution is -2.57. The highest BCUT2D eigenvalue weighted by Crippen LogP contribution is 2.29. The number of hydrogen-bond acceptors (Lipinski definition) is 3. The van der Waals surface area contributed by atoms with E-state index in [4.69, 9.17) is 5.73 Å². The number of nitrogens with zero attached hydrogens (tertiary/aromatic N) is 1. The molecular weight excluding hydrogens is 226 g/mol. The van der Waals surface area contributed by atoms with Crippen LogP contribution in [-0.4, -0.2) is 10.9 Å². The molecule has 0 saturated heterocycles. The number of aromatic nitrogens is 1. The van der Waals surface area contributed by atoms with E-state index in [0.29, 0.717) is 12.1 Å². The van der Waals surface area contributed by atoms with Crippen molar-refractivity contribution in [3.05, 3.63) is 65.5 Å². The Kier molecular flexibility index (Phi) is 2.38. The summed E-state index contributed by atoms with van der Waals surface area (Å²) in [4.78, 5) is 16.1. The van der Waals surface area contributed by atoms with E-state index < -0.39 is 5.66 Å². The Bertz CT molecular complexity index is 597. The maximum absolute atomic E-state index is 11.8. The number of fused-ring (bicyclic) bond motifs is 1. The van der Waals surface area contributed by atoms with Gasteiger partial charge in [0.25, 0.3) is 0 Å². The molecule has 1 amide bonds. The summed E-state index contributed by atoms with van der Waals surface area (Å²) in [6.07, 6.45) is 2.04. The summed E-state index contributed by atoms with van der Waals surface area (Å²) in [5.41, 5.74) is 7.86. The van der Waals surface area contributed by atoms with Crippen LogP contribution in [0, 0.1) is 0 Å². The van der Waals surface area contributed by atoms with E-state index in [9.17, 15) is 4.79 Å². The first-order valence-corrected chi connectivity index (χ1v) is 5.80. The number of hydrogen-bond donors (Lipinski definition) is 2. The number of carbonyl (C=O) groups is 1. The average Bonchev–Trinajstić information content (AvgIpc) is 2.39. The SMILES string of the molecule is NC1(c2ccccn2)NC(=O)Cc2ccccc21. The van der Waals surface area contributed by atoms with Crippen molar-refractivity contribution in [2.24, 2.45) is 5.73 Å². The minimum absolute atomic E-state index is 0.0816. The van der Waals surface area contributed by atoms with Gasteiger partial charge in [0.1, 0.15) is 0 Å². The van der Waals surface area contributed by atoms with Crippen LogP contribution in [0.5, 0.6) is 0 Å². The van der Waals surface area contributed by atoms with Crippen LogP contribution in [0.3, 0.4) is 0 Å². The van der Waals surface area contributed by atoms with Gasteiger partial charge in [-0.05, 0) is 17.7 Å². The van der Waals surface area contributed by atoms with Crippen LogP contribution in [0.1, 0.15) is 16.8 Å². The summed E-state index contributed by atoms with van der Waals surface area (Å²) < 4.78 is 0. The number of nitrogens with one attached hydrogen (secondary N) is 1. The summed E-state index contributed by atoms with van der Waals surface area (Å²) in [7, 11) is 0. The zero-order chi connectivity index (χ0) is 12.6. The first kappa shape index (κ1) is 10.9. The van der Waals surface area contributed by atoms with Crippen molar-refractivity contribution < 1.29 is 4.79 Å². The molecular formula is C14H13N3O. The number of amides is 1. The largest absolute Gasteiger partial charge is 0.329 e. The molecule has 18 heavy (non-hydrogen) atoms. The highest BCUT2D eigenvalue weighted by atomic mass is 16.1. The third kappa shape index (κ3) is 1.58. The molecule has 3 rings (SSSR count). The summed E-state index contributed by atoms with van der Waals surface area (Å²) in [6, 6.07) is 13.2. The number of carbonyl (C=O) groups excluding carboxylic acids is 1. The molecule has 0 fully saturated rings. The Morgan fingerprint density at radius 3 is 2.72 bits per heavy atom. The van der Waals surface area contributed by atoms with Gasteiger partial charge in [0, 0.05) is 11.8 Å². The Labute approximate surface area is 105 Å². The maximum atomic E-state index is 11.8. The summed E-state index contributed by atoms with van der Waals surface area (Å²) >= 11 is 0. The Balaban J connectivity index is 2.21. The topological polar surface area (TPSA) is 68.0 Å². The van der Waals surface area contributed by atoms with Crippen molar-refractivity contribution in [1.29, 1.82) is 0 Å². The zero-order valence-electron chi connectivity index (χ0n) is 9.76. The molecule has 2 heterocycles. The molecule has 4 heteroatoms. The molecule has 0 aliphatic carbocycles. The minimum atomic E-state index is -1.03. The molecule has 4 nitrogen and oxygen atoms in total. The highest BCUT2D eigenvalue weighted by Gasteiger charge is 2.38. The maximum Gasteiger partial charge on any atom is 0.226 e. The molecule has 1 aliphatic heterocycles. The second kappa shape index (κ2) is 3.92. The van der Waals surface area contributed by atoms with E-state index in [1.807, 2.05) is 42.5 Å². The van der Waals surface area contributed by atoms with Gasteiger partial charge in [0.05, 0.1) is 12.1 Å². The number of rotatable bonds is 1. The van der Waals surface area contributed by atoms with Gasteiger partial charge in [-0.3, -0.25) is 15.5 Å². The lowest BCUT2D eigenvalue weighted by molar-refractivity contribution is -0.122. The smallest absolute Gasteiger partial charge is 0.226 e. The minimum Gasteiger partial charge on any atom is -0.329 e. The van der Waals surface area contributed by atoms with Crippen molar-refractivity contribution in [2.45, 2.75) is 12.1 Å². The second-order valence-electron chi connectivity index (χ2n) is 4.41. The summed E-state index contributed by atoms with van der Waals surface area (Å²) in [5, 5.41) is 2.84. The fraction of sp³-hybridized carbons (Fsp3) is 0.143. The van der Waals surface area contributed by atoms with Gasteiger partial charge in [-0.1, -0.05) is 30.3 Å². The van der Waals surface area contributed by atoms with Gasteiger partial charge in [0.15, 0.2) is 5.66 Å². The lowest BCUT2D eigenvalue weighted by Gasteiger charge is -2.35. The van der Waals surface area contributed by atoms with Gasteiger partial charge in [0.2, 0.25) is 5.91 Å². The highest BCUT2D eigenvalue weighted by molar-refractivity contribution is 5.83. The third-order valence-electron chi connectivity index (χ3n) is 3.20. The first-order valence-electron chi connectivity index (χ1n) is 5.80. The van der Waals surface area contributed by atoms with Crippen molar-refractivity contribution in [3.63, 3.8) is 0 Å². The standard InChI is InChI=1S/C14H13N3O/c15-14(12-7-3-4-8-16-12)11-6-2-1-5-10(11)9-13(18)17-14/h1-8H,9,15H2,(H,17,18). The van der Waals surface area contributed by atoms with Gasteiger partial charge in [-0.2, -0.15) is 0 Å². The molecule has 1 aromatic heterocycles. The van der Waals surface area contributed by atoms with Gasteiger partial charge >= 0.3 is 0 Å². The van der Waals surface area contributed by atoms with Crippen LogP contribution in [-0.2, 0) is 16.9 Å². The second-order valence-corrected chi connectivity index (χ2v) is 4.41. The van der Waals surface area contributed by atoms with Crippen molar-refractivity contribution in [3.8, 4) is 0 Å². The molecule has 1 atom stereocenters. The summed E-state index contributed by atoms with van der Waals surface area (Å²) in [5.74, 6) is -0.0816. The normalized spacial score (nSPS) is 22.2. The molecule has 90 valence electrons. The molecule has 2 aromatic rings. The molecule has 3 N–H and O–H groups in total. The number of benzene rings is 1. The van der Waals surface area contributed by atoms with E-state index in [-0.39, 0.29) is 5.91 Å². The van der Waals surface area contributed by atoms with E-state index in [1.54, 1.807) is 6.20 Å². The average molecular weight is 239 g/mol. The van der Waals surface area contributed by atoms with Gasteiger partial charge in [-0.15, -0.1) is 0 Å². The Hall–Kier alpha value is -2.20. The van der Waals surface area contributed by atoms with Crippen LogP contribution in [0.25, 0.3) is 0 Å². The monoisotopic (exact) mass is 239 g/mol. The predicted octanol–water partition coefficient (Wildman–Crippen LogP) is 0.914. The molecule has 0 spiro atoms. The summed E-state index contributed by atoms with van der Waals surface area (Å²) in [6.45, 7) is 0. The van der Waals surface area contributed by atoms with Crippen LogP contribution < -0.4 is 11.1 Å². The van der Waals surface area contributed by atoms with Crippen molar-refractivity contribution in [1.82, 2.24) is 10.3 Å². The predicted molar refractivity (Wildman–Crippen MR) is 67.5 cm³/mol. The fourth-order valence-corrected chi connectivity index (χ4v) is 2.36. The van der Waals surface area contributed by atoms with Gasteiger partial charge < -0.3 is 5.32 Å². The molecule has 1 aromatic carbocycles. The van der Waals surface area contributed by atoms with E-state index >= 15 is 0 Å². The number of pyridine rings is 1. The molecule has 0 saturated carbocycles. The third-order valence-corrected chi connectivity index (χ3v) is 3.20.